The van der Waals surface area contributed by atoms with E-state index < -0.39 is 12.0 Å². The molecule has 15 heavy (non-hydrogen) atoms. The summed E-state index contributed by atoms with van der Waals surface area (Å²) in [6, 6.07) is 9.47. The molecule has 3 heteroatoms. The molecule has 1 unspecified atom stereocenters. The van der Waals surface area contributed by atoms with Crippen LogP contribution in [-0.4, -0.2) is 17.2 Å². The molecule has 3 nitrogen and oxygen atoms in total. The van der Waals surface area contributed by atoms with Crippen molar-refractivity contribution in [2.45, 2.75) is 26.6 Å². The molecule has 0 aromatic heterocycles. The second-order valence-electron chi connectivity index (χ2n) is 3.62. The number of rotatable bonds is 4. The maximum Gasteiger partial charge on any atom is 0.311 e. The fraction of sp³-hybridized carbons (Fsp3) is 0.417. The van der Waals surface area contributed by atoms with Crippen molar-refractivity contribution in [3.63, 3.8) is 0 Å². The highest BCUT2D eigenvalue weighted by Crippen LogP contribution is 2.07. The number of aliphatic hydroxyl groups is 1. The van der Waals surface area contributed by atoms with Crippen molar-refractivity contribution in [2.24, 2.45) is 5.92 Å². The summed E-state index contributed by atoms with van der Waals surface area (Å²) in [4.78, 5) is 11.4. The Labute approximate surface area is 89.7 Å². The highest BCUT2D eigenvalue weighted by molar-refractivity contribution is 5.72. The van der Waals surface area contributed by atoms with Crippen molar-refractivity contribution in [1.82, 2.24) is 0 Å². The Morgan fingerprint density at radius 1 is 1.33 bits per heavy atom. The molecule has 0 heterocycles. The van der Waals surface area contributed by atoms with Gasteiger partial charge >= 0.3 is 5.97 Å². The lowest BCUT2D eigenvalue weighted by Crippen LogP contribution is -2.24. The zero-order valence-corrected chi connectivity index (χ0v) is 9.01. The lowest BCUT2D eigenvalue weighted by atomic mass is 10.1. The van der Waals surface area contributed by atoms with Gasteiger partial charge in [-0.25, -0.2) is 0 Å². The number of benzene rings is 1. The highest BCUT2D eigenvalue weighted by Gasteiger charge is 2.19. The molecule has 0 aliphatic carbocycles. The lowest BCUT2D eigenvalue weighted by molar-refractivity contribution is -0.152. The third-order valence-corrected chi connectivity index (χ3v) is 2.32. The molecule has 0 aliphatic heterocycles. The van der Waals surface area contributed by atoms with E-state index in [2.05, 4.69) is 0 Å². The molecular formula is C12H16O3. The fourth-order valence-corrected chi connectivity index (χ4v) is 1.06. The van der Waals surface area contributed by atoms with E-state index in [-0.39, 0.29) is 12.6 Å². The smallest absolute Gasteiger partial charge is 0.311 e. The van der Waals surface area contributed by atoms with Crippen molar-refractivity contribution in [1.29, 1.82) is 0 Å². The molecule has 82 valence electrons. The summed E-state index contributed by atoms with van der Waals surface area (Å²) >= 11 is 0. The SMILES string of the molecule is CC(O)[C@H](C)C(=O)OCc1ccccc1. The van der Waals surface area contributed by atoms with Crippen LogP contribution in [0.3, 0.4) is 0 Å². The van der Waals surface area contributed by atoms with Crippen molar-refractivity contribution in [2.75, 3.05) is 0 Å². The van der Waals surface area contributed by atoms with Crippen LogP contribution < -0.4 is 0 Å². The summed E-state index contributed by atoms with van der Waals surface area (Å²) in [5, 5.41) is 9.19. The third-order valence-electron chi connectivity index (χ3n) is 2.32. The van der Waals surface area contributed by atoms with Crippen molar-refractivity contribution in [3.8, 4) is 0 Å². The minimum absolute atomic E-state index is 0.261. The van der Waals surface area contributed by atoms with Gasteiger partial charge in [-0.3, -0.25) is 4.79 Å². The minimum Gasteiger partial charge on any atom is -0.461 e. The maximum atomic E-state index is 11.4. The summed E-state index contributed by atoms with van der Waals surface area (Å²) in [5.41, 5.74) is 0.948. The van der Waals surface area contributed by atoms with Gasteiger partial charge in [0.2, 0.25) is 0 Å². The highest BCUT2D eigenvalue weighted by atomic mass is 16.5. The number of ether oxygens (including phenoxy) is 1. The Hall–Kier alpha value is -1.35. The lowest BCUT2D eigenvalue weighted by Gasteiger charge is -2.13. The molecule has 1 rings (SSSR count). The van der Waals surface area contributed by atoms with Gasteiger partial charge in [-0.15, -0.1) is 0 Å². The second kappa shape index (κ2) is 5.51. The summed E-state index contributed by atoms with van der Waals surface area (Å²) in [6.07, 6.45) is -0.673. The van der Waals surface area contributed by atoms with Gasteiger partial charge in [-0.1, -0.05) is 30.3 Å². The molecule has 1 aromatic rings. The van der Waals surface area contributed by atoms with Gasteiger partial charge in [0, 0.05) is 0 Å². The van der Waals surface area contributed by atoms with Gasteiger partial charge in [0.25, 0.3) is 0 Å². The fourth-order valence-electron chi connectivity index (χ4n) is 1.06. The second-order valence-corrected chi connectivity index (χ2v) is 3.62. The molecule has 1 aromatic carbocycles. The summed E-state index contributed by atoms with van der Waals surface area (Å²) < 4.78 is 5.05. The topological polar surface area (TPSA) is 46.5 Å². The van der Waals surface area contributed by atoms with Crippen LogP contribution >= 0.6 is 0 Å². The van der Waals surface area contributed by atoms with Crippen LogP contribution in [0.1, 0.15) is 19.4 Å². The van der Waals surface area contributed by atoms with Crippen LogP contribution in [0.15, 0.2) is 30.3 Å². The Kier molecular flexibility index (Phi) is 4.31. The van der Waals surface area contributed by atoms with E-state index >= 15 is 0 Å². The van der Waals surface area contributed by atoms with Crippen LogP contribution in [0.5, 0.6) is 0 Å². The van der Waals surface area contributed by atoms with Crippen LogP contribution in [0.25, 0.3) is 0 Å². The van der Waals surface area contributed by atoms with Crippen molar-refractivity contribution >= 4 is 5.97 Å². The molecule has 0 fully saturated rings. The molecule has 0 bridgehead atoms. The van der Waals surface area contributed by atoms with E-state index in [1.54, 1.807) is 13.8 Å². The quantitative estimate of drug-likeness (QED) is 0.767. The van der Waals surface area contributed by atoms with Gasteiger partial charge in [0.05, 0.1) is 12.0 Å². The predicted molar refractivity (Wildman–Crippen MR) is 57.1 cm³/mol. The van der Waals surface area contributed by atoms with E-state index in [1.165, 1.54) is 0 Å². The molecule has 1 N–H and O–H groups in total. The van der Waals surface area contributed by atoms with Gasteiger partial charge in [-0.05, 0) is 19.4 Å². The van der Waals surface area contributed by atoms with E-state index in [1.807, 2.05) is 30.3 Å². The van der Waals surface area contributed by atoms with Crippen molar-refractivity contribution < 1.29 is 14.6 Å². The Morgan fingerprint density at radius 2 is 1.93 bits per heavy atom. The van der Waals surface area contributed by atoms with Gasteiger partial charge in [-0.2, -0.15) is 0 Å². The summed E-state index contributed by atoms with van der Waals surface area (Å²) in [5.74, 6) is -0.845. The van der Waals surface area contributed by atoms with E-state index in [4.69, 9.17) is 4.74 Å². The van der Waals surface area contributed by atoms with Crippen LogP contribution in [0, 0.1) is 5.92 Å². The first-order valence-corrected chi connectivity index (χ1v) is 5.00. The average molecular weight is 208 g/mol. The van der Waals surface area contributed by atoms with Gasteiger partial charge in [0.1, 0.15) is 6.61 Å². The average Bonchev–Trinajstić information content (AvgIpc) is 2.26. The Morgan fingerprint density at radius 3 is 2.47 bits per heavy atom. The van der Waals surface area contributed by atoms with Gasteiger partial charge < -0.3 is 9.84 Å². The van der Waals surface area contributed by atoms with Crippen LogP contribution in [-0.2, 0) is 16.1 Å². The molecule has 0 spiro atoms. The first kappa shape index (κ1) is 11.7. The Balaban J connectivity index is 2.41. The largest absolute Gasteiger partial charge is 0.461 e. The van der Waals surface area contributed by atoms with E-state index in [9.17, 15) is 9.90 Å². The number of hydrogen-bond donors (Lipinski definition) is 1. The summed E-state index contributed by atoms with van der Waals surface area (Å²) in [6.45, 7) is 3.49. The molecule has 0 amide bonds. The zero-order chi connectivity index (χ0) is 11.3. The first-order valence-electron chi connectivity index (χ1n) is 5.00. The number of carbonyl (C=O) groups is 1. The number of aliphatic hydroxyl groups excluding tert-OH is 1. The first-order chi connectivity index (χ1) is 7.11. The number of hydrogen-bond acceptors (Lipinski definition) is 3. The molecular weight excluding hydrogens is 192 g/mol. The number of esters is 1. The Bertz CT molecular complexity index is 306. The minimum atomic E-state index is -0.673. The monoisotopic (exact) mass is 208 g/mol. The third kappa shape index (κ3) is 3.72. The van der Waals surface area contributed by atoms with Gasteiger partial charge in [0.15, 0.2) is 0 Å². The van der Waals surface area contributed by atoms with E-state index in [0.717, 1.165) is 5.56 Å². The summed E-state index contributed by atoms with van der Waals surface area (Å²) in [7, 11) is 0. The molecule has 0 radical (unpaired) electrons. The molecule has 0 saturated heterocycles. The predicted octanol–water partition coefficient (Wildman–Crippen LogP) is 1.75. The zero-order valence-electron chi connectivity index (χ0n) is 9.01. The van der Waals surface area contributed by atoms with Crippen molar-refractivity contribution in [3.05, 3.63) is 35.9 Å². The molecule has 0 aliphatic rings. The van der Waals surface area contributed by atoms with E-state index in [0.29, 0.717) is 0 Å². The maximum absolute atomic E-state index is 11.4. The van der Waals surface area contributed by atoms with Crippen LogP contribution in [0.4, 0.5) is 0 Å². The standard InChI is InChI=1S/C12H16O3/c1-9(10(2)13)12(14)15-8-11-6-4-3-5-7-11/h3-7,9-10,13H,8H2,1-2H3/t9-,10?/m0/s1. The molecule has 2 atom stereocenters. The molecule has 0 saturated carbocycles. The normalized spacial score (nSPS) is 14.3. The number of carbonyl (C=O) groups excluding carboxylic acids is 1. The van der Waals surface area contributed by atoms with Crippen LogP contribution in [0.2, 0.25) is 0 Å².